The Balaban J connectivity index is 4.33. The normalized spacial score (nSPS) is 14.8. The topological polar surface area (TPSA) is 155 Å². The summed E-state index contributed by atoms with van der Waals surface area (Å²) in [5, 5.41) is 8.91. The smallest absolute Gasteiger partial charge is 0.472 e. The molecule has 0 bridgehead atoms. The van der Waals surface area contributed by atoms with Crippen molar-refractivity contribution in [2.45, 2.75) is 167 Å². The SMILES string of the molecule is CC/C=C\C/C=C\C/C=C\C/C=C\C/C=C\CCCCCCOCC(COP(=O)(O)OCC(N)C(=O)O)OC(=O)CCCCCCCC/C=C\C/C=C\C/C=C\C/C=C\CC. The van der Waals surface area contributed by atoms with Crippen LogP contribution in [0.4, 0.5) is 0 Å². The van der Waals surface area contributed by atoms with Crippen molar-refractivity contribution in [3.05, 3.63) is 109 Å². The van der Waals surface area contributed by atoms with Gasteiger partial charge in [-0.25, -0.2) is 4.57 Å². The van der Waals surface area contributed by atoms with Crippen LogP contribution in [-0.4, -0.2) is 60.5 Å². The second-order valence-corrected chi connectivity index (χ2v) is 16.2. The molecule has 0 saturated carbocycles. The number of hydrogen-bond donors (Lipinski definition) is 3. The largest absolute Gasteiger partial charge is 0.480 e. The number of allylic oxidation sites excluding steroid dienone is 18. The van der Waals surface area contributed by atoms with Gasteiger partial charge in [-0.05, 0) is 96.3 Å². The van der Waals surface area contributed by atoms with Gasteiger partial charge in [-0.1, -0.05) is 162 Å². The van der Waals surface area contributed by atoms with Gasteiger partial charge in [0, 0.05) is 13.0 Å². The maximum atomic E-state index is 12.7. The summed E-state index contributed by atoms with van der Waals surface area (Å²) in [6.07, 6.45) is 59.9. The first-order valence-electron chi connectivity index (χ1n) is 22.9. The summed E-state index contributed by atoms with van der Waals surface area (Å²) in [6.45, 7) is 3.55. The summed E-state index contributed by atoms with van der Waals surface area (Å²) in [7, 11) is -4.64. The fraction of sp³-hybridized carbons (Fsp3) is 0.600. The van der Waals surface area contributed by atoms with E-state index in [0.29, 0.717) is 13.0 Å². The van der Waals surface area contributed by atoms with E-state index in [1.54, 1.807) is 0 Å². The van der Waals surface area contributed by atoms with Crippen LogP contribution in [0.1, 0.15) is 155 Å². The minimum Gasteiger partial charge on any atom is -0.480 e. The molecule has 0 aromatic carbocycles. The summed E-state index contributed by atoms with van der Waals surface area (Å²) in [5.41, 5.74) is 5.36. The van der Waals surface area contributed by atoms with Gasteiger partial charge in [0.25, 0.3) is 0 Å². The van der Waals surface area contributed by atoms with Crippen LogP contribution in [0.25, 0.3) is 0 Å². The Hall–Kier alpha value is -3.37. The number of carboxylic acids is 1. The Morgan fingerprint density at radius 1 is 0.525 bits per heavy atom. The highest BCUT2D eigenvalue weighted by Crippen LogP contribution is 2.43. The van der Waals surface area contributed by atoms with Gasteiger partial charge in [-0.3, -0.25) is 18.6 Å². The molecule has 0 spiro atoms. The number of carboxylic acid groups (broad SMARTS) is 1. The molecule has 0 fully saturated rings. The zero-order valence-electron chi connectivity index (χ0n) is 37.7. The van der Waals surface area contributed by atoms with E-state index in [1.807, 2.05) is 0 Å². The van der Waals surface area contributed by atoms with Crippen molar-refractivity contribution in [1.29, 1.82) is 0 Å². The van der Waals surface area contributed by atoms with Crippen LogP contribution < -0.4 is 5.73 Å². The number of hydrogen-bond acceptors (Lipinski definition) is 8. The lowest BCUT2D eigenvalue weighted by Crippen LogP contribution is -2.34. The number of aliphatic carboxylic acids is 1. The van der Waals surface area contributed by atoms with Gasteiger partial charge in [0.2, 0.25) is 0 Å². The van der Waals surface area contributed by atoms with Crippen molar-refractivity contribution < 1.29 is 42.7 Å². The third kappa shape index (κ3) is 44.5. The highest BCUT2D eigenvalue weighted by Gasteiger charge is 2.27. The van der Waals surface area contributed by atoms with Crippen LogP contribution in [0.15, 0.2) is 109 Å². The molecule has 0 radical (unpaired) electrons. The lowest BCUT2D eigenvalue weighted by molar-refractivity contribution is -0.154. The van der Waals surface area contributed by atoms with E-state index < -0.39 is 45.1 Å². The van der Waals surface area contributed by atoms with Crippen molar-refractivity contribution in [2.24, 2.45) is 5.73 Å². The molecule has 0 saturated heterocycles. The van der Waals surface area contributed by atoms with Crippen LogP contribution in [0, 0.1) is 0 Å². The predicted octanol–water partition coefficient (Wildman–Crippen LogP) is 13.1. The van der Waals surface area contributed by atoms with Gasteiger partial charge in [-0.15, -0.1) is 0 Å². The van der Waals surface area contributed by atoms with Crippen molar-refractivity contribution >= 4 is 19.8 Å². The molecule has 0 aliphatic heterocycles. The minimum atomic E-state index is -4.64. The number of unbranched alkanes of at least 4 members (excludes halogenated alkanes) is 10. The molecular formula is C50H82NO9P. The number of carbonyl (C=O) groups is 2. The summed E-state index contributed by atoms with van der Waals surface area (Å²) in [4.78, 5) is 33.6. The van der Waals surface area contributed by atoms with Crippen molar-refractivity contribution in [3.63, 3.8) is 0 Å². The molecule has 4 N–H and O–H groups in total. The minimum absolute atomic E-state index is 0.0142. The molecule has 0 aromatic rings. The molecule has 61 heavy (non-hydrogen) atoms. The van der Waals surface area contributed by atoms with Gasteiger partial charge < -0.3 is 25.2 Å². The molecule has 3 unspecified atom stereocenters. The Labute approximate surface area is 370 Å². The van der Waals surface area contributed by atoms with Crippen molar-refractivity contribution in [2.75, 3.05) is 26.4 Å². The van der Waals surface area contributed by atoms with Crippen LogP contribution in [0.3, 0.4) is 0 Å². The van der Waals surface area contributed by atoms with E-state index in [1.165, 1.54) is 0 Å². The molecule has 0 rings (SSSR count). The number of ether oxygens (including phenoxy) is 2. The van der Waals surface area contributed by atoms with Gasteiger partial charge >= 0.3 is 19.8 Å². The van der Waals surface area contributed by atoms with Gasteiger partial charge in [0.05, 0.1) is 19.8 Å². The number of carbonyl (C=O) groups excluding carboxylic acids is 1. The van der Waals surface area contributed by atoms with E-state index in [0.717, 1.165) is 128 Å². The molecule has 0 aromatic heterocycles. The van der Waals surface area contributed by atoms with Crippen molar-refractivity contribution in [3.8, 4) is 0 Å². The first kappa shape index (κ1) is 57.6. The first-order chi connectivity index (χ1) is 29.7. The monoisotopic (exact) mass is 872 g/mol. The maximum Gasteiger partial charge on any atom is 0.472 e. The molecule has 0 heterocycles. The second-order valence-electron chi connectivity index (χ2n) is 14.8. The second kappa shape index (κ2) is 44.7. The molecule has 3 atom stereocenters. The molecule has 0 aliphatic carbocycles. The number of phosphoric acid groups is 1. The molecule has 10 nitrogen and oxygen atoms in total. The van der Waals surface area contributed by atoms with Gasteiger partial charge in [0.15, 0.2) is 0 Å². The third-order valence-electron chi connectivity index (χ3n) is 9.05. The Morgan fingerprint density at radius 3 is 1.34 bits per heavy atom. The van der Waals surface area contributed by atoms with Crippen LogP contribution in [-0.2, 0) is 32.7 Å². The Kier molecular flexibility index (Phi) is 42.2. The quantitative estimate of drug-likeness (QED) is 0.0234. The summed E-state index contributed by atoms with van der Waals surface area (Å²) < 4.78 is 33.4. The fourth-order valence-corrected chi connectivity index (χ4v) is 6.34. The van der Waals surface area contributed by atoms with E-state index in [4.69, 9.17) is 29.4 Å². The van der Waals surface area contributed by atoms with E-state index in [2.05, 4.69) is 123 Å². The Morgan fingerprint density at radius 2 is 0.902 bits per heavy atom. The average Bonchev–Trinajstić information content (AvgIpc) is 3.24. The lowest BCUT2D eigenvalue weighted by atomic mass is 10.1. The average molecular weight is 872 g/mol. The third-order valence-corrected chi connectivity index (χ3v) is 10.00. The predicted molar refractivity (Wildman–Crippen MR) is 253 cm³/mol. The standard InChI is InChI=1S/C50H82NO9P/c1-3-5-7-9-11-13-15-17-19-21-23-25-27-29-31-33-35-37-39-41-43-57-44-47(45-58-61(55,56)59-46-48(51)50(53)54)60-49(52)42-40-38-36-34-32-30-28-26-24-22-20-18-16-14-12-10-8-6-4-2/h5-8,11-14,17-20,23-26,29,31,47-48H,3-4,9-10,15-16,21-22,27-28,30,32-46,51H2,1-2H3,(H,53,54)(H,55,56)/b7-5-,8-6-,13-11-,14-12-,19-17-,20-18-,25-23-,26-24-,31-29-. The van der Waals surface area contributed by atoms with Crippen LogP contribution in [0.2, 0.25) is 0 Å². The molecule has 346 valence electrons. The van der Waals surface area contributed by atoms with Crippen LogP contribution >= 0.6 is 7.82 Å². The number of esters is 1. The van der Waals surface area contributed by atoms with Crippen molar-refractivity contribution in [1.82, 2.24) is 0 Å². The van der Waals surface area contributed by atoms with Gasteiger partial charge in [0.1, 0.15) is 12.1 Å². The Bertz CT molecular complexity index is 1380. The molecule has 0 amide bonds. The fourth-order valence-electron chi connectivity index (χ4n) is 5.56. The maximum absolute atomic E-state index is 12.7. The van der Waals surface area contributed by atoms with Gasteiger partial charge in [-0.2, -0.15) is 0 Å². The summed E-state index contributed by atoms with van der Waals surface area (Å²) >= 11 is 0. The van der Waals surface area contributed by atoms with Crippen LogP contribution in [0.5, 0.6) is 0 Å². The first-order valence-corrected chi connectivity index (χ1v) is 24.4. The zero-order valence-corrected chi connectivity index (χ0v) is 38.6. The number of nitrogens with two attached hydrogens (primary N) is 1. The molecular weight excluding hydrogens is 790 g/mol. The number of rotatable bonds is 42. The van der Waals surface area contributed by atoms with E-state index in [9.17, 15) is 19.0 Å². The van der Waals surface area contributed by atoms with E-state index >= 15 is 0 Å². The molecule has 0 aliphatic rings. The summed E-state index contributed by atoms with van der Waals surface area (Å²) in [5.74, 6) is -1.82. The van der Waals surface area contributed by atoms with E-state index in [-0.39, 0.29) is 13.0 Å². The number of phosphoric ester groups is 1. The molecule has 11 heteroatoms. The summed E-state index contributed by atoms with van der Waals surface area (Å²) in [6, 6.07) is -1.49. The lowest BCUT2D eigenvalue weighted by Gasteiger charge is -2.20. The highest BCUT2D eigenvalue weighted by atomic mass is 31.2. The zero-order chi connectivity index (χ0) is 44.8. The highest BCUT2D eigenvalue weighted by molar-refractivity contribution is 7.47.